The van der Waals surface area contributed by atoms with E-state index in [0.717, 1.165) is 6.07 Å². The zero-order chi connectivity index (χ0) is 28.9. The number of hydrogen-bond acceptors (Lipinski definition) is 7. The first-order chi connectivity index (χ1) is 19.1. The number of nitrogens with zero attached hydrogens (tertiary/aromatic N) is 1. The third-order valence-electron chi connectivity index (χ3n) is 6.27. The van der Waals surface area contributed by atoms with Crippen LogP contribution in [0.4, 0.5) is 23.7 Å². The number of nitrogens with one attached hydrogen (secondary N) is 1. The van der Waals surface area contributed by atoms with Gasteiger partial charge in [-0.05, 0) is 29.7 Å². The second-order valence-electron chi connectivity index (χ2n) is 8.98. The van der Waals surface area contributed by atoms with Gasteiger partial charge in [0.2, 0.25) is 0 Å². The molecule has 1 aliphatic rings. The van der Waals surface area contributed by atoms with Crippen LogP contribution in [0.25, 0.3) is 22.0 Å². The Morgan fingerprint density at radius 1 is 1.12 bits per heavy atom. The minimum Gasteiger partial charge on any atom is -0.479 e. The molecule has 2 heterocycles. The number of cyclic esters (lactones) is 1. The highest BCUT2D eigenvalue weighted by atomic mass is 19.4. The molecule has 1 saturated heterocycles. The van der Waals surface area contributed by atoms with Gasteiger partial charge in [-0.15, -0.1) is 0 Å². The fraction of sp³-hybridized carbons (Fsp3) is 0.370. The molecule has 0 radical (unpaired) electrons. The Bertz CT molecular complexity index is 1420. The second-order valence-corrected chi connectivity index (χ2v) is 8.98. The van der Waals surface area contributed by atoms with Gasteiger partial charge in [0.05, 0.1) is 38.5 Å². The molecule has 1 unspecified atom stereocenters. The number of ether oxygens (including phenoxy) is 4. The monoisotopic (exact) mass is 564 g/mol. The summed E-state index contributed by atoms with van der Waals surface area (Å²) in [6.07, 6.45) is -7.48. The molecule has 1 amide bonds. The highest BCUT2D eigenvalue weighted by Gasteiger charge is 2.36. The molecule has 1 fully saturated rings. The molecule has 2 N–H and O–H groups in total. The zero-order valence-corrected chi connectivity index (χ0v) is 21.4. The van der Waals surface area contributed by atoms with E-state index in [-0.39, 0.29) is 42.8 Å². The molecule has 1 aromatic heterocycles. The van der Waals surface area contributed by atoms with Crippen molar-refractivity contribution >= 4 is 28.5 Å². The van der Waals surface area contributed by atoms with Gasteiger partial charge in [0, 0.05) is 35.9 Å². The molecule has 1 aliphatic heterocycles. The van der Waals surface area contributed by atoms with Crippen LogP contribution >= 0.6 is 0 Å². The van der Waals surface area contributed by atoms with Crippen molar-refractivity contribution in [2.24, 2.45) is 0 Å². The van der Waals surface area contributed by atoms with Crippen molar-refractivity contribution in [3.63, 3.8) is 0 Å². The van der Waals surface area contributed by atoms with Crippen molar-refractivity contribution in [3.05, 3.63) is 64.4 Å². The van der Waals surface area contributed by atoms with E-state index >= 15 is 0 Å². The van der Waals surface area contributed by atoms with E-state index in [1.165, 1.54) is 54.5 Å². The lowest BCUT2D eigenvalue weighted by molar-refractivity contribution is -0.153. The number of H-pyrrole nitrogens is 1. The molecular formula is C27H27F3N2O8. The average Bonchev–Trinajstić information content (AvgIpc) is 3.29. The number of benzene rings is 2. The third kappa shape index (κ3) is 6.79. The smallest absolute Gasteiger partial charge is 0.417 e. The molecule has 0 spiro atoms. The molecule has 0 bridgehead atoms. The number of carboxylic acid groups (broad SMARTS) is 1. The summed E-state index contributed by atoms with van der Waals surface area (Å²) in [7, 11) is 1.53. The Labute approximate surface area is 226 Å². The normalized spacial score (nSPS) is 16.4. The van der Waals surface area contributed by atoms with Gasteiger partial charge in [0.25, 0.3) is 5.56 Å². The number of aromatic nitrogens is 1. The predicted molar refractivity (Wildman–Crippen MR) is 137 cm³/mol. The zero-order valence-electron chi connectivity index (χ0n) is 21.4. The van der Waals surface area contributed by atoms with Crippen molar-refractivity contribution in [2.75, 3.05) is 45.0 Å². The molecule has 3 aromatic rings. The topological polar surface area (TPSA) is 127 Å². The van der Waals surface area contributed by atoms with Gasteiger partial charge in [0.15, 0.2) is 6.10 Å². The van der Waals surface area contributed by atoms with E-state index in [1.807, 2.05) is 0 Å². The van der Waals surface area contributed by atoms with Gasteiger partial charge in [-0.1, -0.05) is 24.3 Å². The van der Waals surface area contributed by atoms with E-state index in [9.17, 15) is 32.7 Å². The van der Waals surface area contributed by atoms with Crippen LogP contribution in [0.15, 0.2) is 53.3 Å². The van der Waals surface area contributed by atoms with Crippen molar-refractivity contribution in [1.29, 1.82) is 0 Å². The average molecular weight is 565 g/mol. The maximum atomic E-state index is 13.5. The fourth-order valence-electron chi connectivity index (χ4n) is 4.35. The van der Waals surface area contributed by atoms with Crippen LogP contribution in [-0.2, 0) is 29.9 Å². The maximum absolute atomic E-state index is 13.5. The number of methoxy groups -OCH3 is 1. The number of alkyl halides is 3. The number of pyridine rings is 1. The lowest BCUT2D eigenvalue weighted by atomic mass is 10.0. The first kappa shape index (κ1) is 29.1. The summed E-state index contributed by atoms with van der Waals surface area (Å²) in [5.74, 6) is -1.22. The minimum absolute atomic E-state index is 0.00244. The number of carboxylic acids is 1. The molecule has 40 heavy (non-hydrogen) atoms. The van der Waals surface area contributed by atoms with E-state index in [1.54, 1.807) is 0 Å². The Kier molecular flexibility index (Phi) is 9.07. The number of rotatable bonds is 12. The number of carbonyl (C=O) groups excluding carboxylic acids is 1. The number of halogens is 3. The van der Waals surface area contributed by atoms with E-state index in [2.05, 4.69) is 4.98 Å². The molecule has 0 saturated carbocycles. The summed E-state index contributed by atoms with van der Waals surface area (Å²) in [5.41, 5.74) is -1.37. The van der Waals surface area contributed by atoms with E-state index in [4.69, 9.17) is 18.9 Å². The molecule has 13 heteroatoms. The lowest BCUT2D eigenvalue weighted by Crippen LogP contribution is -2.32. The standard InChI is InChI=1S/C27H27F3N2O8/c1-37-8-9-38-10-11-39-23(25(34)35)14-18-15-32(26(36)40-18)17-7-6-16-12-22(31-24(33)20(16)13-17)19-4-2-3-5-21(19)27(28,29)30/h2-7,12-13,18,23H,8-11,14-15H2,1H3,(H,31,33)(H,34,35)/t18-,23?/m0/s1. The SMILES string of the molecule is COCCOCCOC(C[C@H]1CN(c2ccc3cc(-c4ccccc4C(F)(F)F)[nH]c(=O)c3c2)C(=O)O1)C(=O)O. The quantitative estimate of drug-likeness (QED) is 0.316. The summed E-state index contributed by atoms with van der Waals surface area (Å²) in [6.45, 7) is 0.928. The molecule has 2 atom stereocenters. The highest BCUT2D eigenvalue weighted by Crippen LogP contribution is 2.37. The highest BCUT2D eigenvalue weighted by molar-refractivity contribution is 5.95. The van der Waals surface area contributed by atoms with Crippen molar-refractivity contribution < 1.29 is 46.8 Å². The van der Waals surface area contributed by atoms with Crippen LogP contribution in [0.3, 0.4) is 0 Å². The van der Waals surface area contributed by atoms with Crippen LogP contribution in [0.5, 0.6) is 0 Å². The van der Waals surface area contributed by atoms with Crippen LogP contribution in [-0.4, -0.2) is 74.4 Å². The Morgan fingerprint density at radius 2 is 1.88 bits per heavy atom. The van der Waals surface area contributed by atoms with Crippen LogP contribution in [0, 0.1) is 0 Å². The van der Waals surface area contributed by atoms with Gasteiger partial charge >= 0.3 is 18.2 Å². The van der Waals surface area contributed by atoms with Crippen LogP contribution < -0.4 is 10.5 Å². The Morgan fingerprint density at radius 3 is 2.60 bits per heavy atom. The maximum Gasteiger partial charge on any atom is 0.417 e. The second kappa shape index (κ2) is 12.5. The molecule has 4 rings (SSSR count). The molecule has 10 nitrogen and oxygen atoms in total. The van der Waals surface area contributed by atoms with Crippen LogP contribution in [0.2, 0.25) is 0 Å². The van der Waals surface area contributed by atoms with Crippen molar-refractivity contribution in [2.45, 2.75) is 24.8 Å². The number of aliphatic carboxylic acids is 1. The van der Waals surface area contributed by atoms with Gasteiger partial charge in [0.1, 0.15) is 6.10 Å². The number of carbonyl (C=O) groups is 2. The number of aromatic amines is 1. The van der Waals surface area contributed by atoms with Gasteiger partial charge in [-0.2, -0.15) is 13.2 Å². The molecule has 214 valence electrons. The van der Waals surface area contributed by atoms with E-state index < -0.39 is 41.6 Å². The van der Waals surface area contributed by atoms with Gasteiger partial charge < -0.3 is 29.0 Å². The molecular weight excluding hydrogens is 537 g/mol. The van der Waals surface area contributed by atoms with Gasteiger partial charge in [-0.3, -0.25) is 9.69 Å². The minimum atomic E-state index is -4.61. The fourth-order valence-corrected chi connectivity index (χ4v) is 4.35. The molecule has 0 aliphatic carbocycles. The number of amides is 1. The Hall–Kier alpha value is -3.94. The number of anilines is 1. The summed E-state index contributed by atoms with van der Waals surface area (Å²) in [5, 5.41) is 10.0. The first-order valence-corrected chi connectivity index (χ1v) is 12.3. The number of fused-ring (bicyclic) bond motifs is 1. The Balaban J connectivity index is 1.48. The molecule has 2 aromatic carbocycles. The van der Waals surface area contributed by atoms with Crippen molar-refractivity contribution in [3.8, 4) is 11.3 Å². The third-order valence-corrected chi connectivity index (χ3v) is 6.27. The van der Waals surface area contributed by atoms with E-state index in [0.29, 0.717) is 24.3 Å². The summed E-state index contributed by atoms with van der Waals surface area (Å²) >= 11 is 0. The summed E-state index contributed by atoms with van der Waals surface area (Å²) in [6, 6.07) is 10.8. The van der Waals surface area contributed by atoms with Crippen molar-refractivity contribution in [1.82, 2.24) is 4.98 Å². The van der Waals surface area contributed by atoms with Gasteiger partial charge in [-0.25, -0.2) is 9.59 Å². The number of hydrogen-bond donors (Lipinski definition) is 2. The lowest BCUT2D eigenvalue weighted by Gasteiger charge is -2.17. The first-order valence-electron chi connectivity index (χ1n) is 12.3. The largest absolute Gasteiger partial charge is 0.479 e. The predicted octanol–water partition coefficient (Wildman–Crippen LogP) is 4.06. The van der Waals surface area contributed by atoms with Crippen LogP contribution in [0.1, 0.15) is 12.0 Å². The summed E-state index contributed by atoms with van der Waals surface area (Å²) < 4.78 is 61.3. The summed E-state index contributed by atoms with van der Waals surface area (Å²) in [4.78, 5) is 40.9.